The fraction of sp³-hybridized carbons (Fsp3) is 0.444. The van der Waals surface area contributed by atoms with E-state index >= 15 is 0 Å². The molecule has 7 heteroatoms. The third-order valence-corrected chi connectivity index (χ3v) is 4.72. The molecule has 0 atom stereocenters. The molecule has 0 fully saturated rings. The molecule has 0 bridgehead atoms. The molecule has 1 aromatic rings. The summed E-state index contributed by atoms with van der Waals surface area (Å²) in [5, 5.41) is 0. The minimum absolute atomic E-state index is 0.0932. The first-order chi connectivity index (χ1) is 7.43. The lowest BCUT2D eigenvalue weighted by Crippen LogP contribution is -2.49. The van der Waals surface area contributed by atoms with Gasteiger partial charge in [-0.3, -0.25) is 4.98 Å². The van der Waals surface area contributed by atoms with E-state index in [0.29, 0.717) is 0 Å². The highest BCUT2D eigenvalue weighted by molar-refractivity contribution is 7.89. The predicted octanol–water partition coefficient (Wildman–Crippen LogP) is 1.60. The third kappa shape index (κ3) is 3.31. The zero-order chi connectivity index (χ0) is 12.2. The molecule has 1 N–H and O–H groups in total. The third-order valence-electron chi connectivity index (χ3n) is 1.92. The summed E-state index contributed by atoms with van der Waals surface area (Å²) in [6.45, 7) is 1.64. The normalized spacial score (nSPS) is 12.7. The van der Waals surface area contributed by atoms with Gasteiger partial charge in [-0.15, -0.1) is 23.2 Å². The van der Waals surface area contributed by atoms with E-state index in [1.807, 2.05) is 0 Å². The molecule has 0 aliphatic heterocycles. The van der Waals surface area contributed by atoms with Crippen LogP contribution < -0.4 is 4.72 Å². The standard InChI is InChI=1S/C9H12Cl2N2O2S/c1-9(6-10,7-11)13-16(14,15)8-3-2-4-12-5-8/h2-5,13H,6-7H2,1H3. The number of hydrogen-bond acceptors (Lipinski definition) is 3. The predicted molar refractivity (Wildman–Crippen MR) is 64.4 cm³/mol. The lowest BCUT2D eigenvalue weighted by atomic mass is 10.1. The highest BCUT2D eigenvalue weighted by Crippen LogP contribution is 2.14. The second-order valence-corrected chi connectivity index (χ2v) is 5.84. The highest BCUT2D eigenvalue weighted by Gasteiger charge is 2.29. The average molecular weight is 283 g/mol. The van der Waals surface area contributed by atoms with Crippen LogP contribution in [0, 0.1) is 0 Å². The van der Waals surface area contributed by atoms with Gasteiger partial charge < -0.3 is 0 Å². The monoisotopic (exact) mass is 282 g/mol. The Hall–Kier alpha value is -0.360. The van der Waals surface area contributed by atoms with Crippen molar-refractivity contribution < 1.29 is 8.42 Å². The van der Waals surface area contributed by atoms with Crippen molar-refractivity contribution in [2.45, 2.75) is 17.4 Å². The Morgan fingerprint density at radius 2 is 2.06 bits per heavy atom. The lowest BCUT2D eigenvalue weighted by Gasteiger charge is -2.25. The number of pyridine rings is 1. The number of rotatable bonds is 5. The first-order valence-electron chi connectivity index (χ1n) is 4.49. The Morgan fingerprint density at radius 3 is 2.50 bits per heavy atom. The molecule has 0 unspecified atom stereocenters. The molecule has 4 nitrogen and oxygen atoms in total. The van der Waals surface area contributed by atoms with Crippen LogP contribution in [0.1, 0.15) is 6.92 Å². The average Bonchev–Trinajstić information content (AvgIpc) is 2.29. The summed E-state index contributed by atoms with van der Waals surface area (Å²) >= 11 is 11.4. The molecule has 1 aromatic heterocycles. The number of nitrogens with one attached hydrogen (secondary N) is 1. The van der Waals surface area contributed by atoms with Gasteiger partial charge in [0.25, 0.3) is 0 Å². The molecule has 0 spiro atoms. The molecule has 16 heavy (non-hydrogen) atoms. The maximum atomic E-state index is 11.9. The highest BCUT2D eigenvalue weighted by atomic mass is 35.5. The quantitative estimate of drug-likeness (QED) is 0.835. The van der Waals surface area contributed by atoms with Crippen molar-refractivity contribution in [3.05, 3.63) is 24.5 Å². The summed E-state index contributed by atoms with van der Waals surface area (Å²) in [7, 11) is -3.62. The SMILES string of the molecule is CC(CCl)(CCl)NS(=O)(=O)c1cccnc1. The van der Waals surface area contributed by atoms with Crippen LogP contribution in [-0.4, -0.2) is 30.7 Å². The van der Waals surface area contributed by atoms with E-state index in [4.69, 9.17) is 23.2 Å². The van der Waals surface area contributed by atoms with Crippen molar-refractivity contribution in [3.63, 3.8) is 0 Å². The molecule has 0 aliphatic rings. The van der Waals surface area contributed by atoms with Crippen LogP contribution in [-0.2, 0) is 10.0 Å². The molecule has 1 rings (SSSR count). The Bertz CT molecular complexity index is 432. The van der Waals surface area contributed by atoms with Crippen LogP contribution in [0.25, 0.3) is 0 Å². The van der Waals surface area contributed by atoms with Crippen molar-refractivity contribution in [1.82, 2.24) is 9.71 Å². The first kappa shape index (κ1) is 13.7. The Labute approximate surface area is 105 Å². The van der Waals surface area contributed by atoms with E-state index in [1.54, 1.807) is 13.0 Å². The van der Waals surface area contributed by atoms with E-state index in [0.717, 1.165) is 0 Å². The lowest BCUT2D eigenvalue weighted by molar-refractivity contribution is 0.500. The molecule has 0 aliphatic carbocycles. The van der Waals surface area contributed by atoms with Crippen LogP contribution in [0.15, 0.2) is 29.4 Å². The Kier molecular flexibility index (Phi) is 4.55. The summed E-state index contributed by atoms with van der Waals surface area (Å²) in [6, 6.07) is 3.01. The fourth-order valence-electron chi connectivity index (χ4n) is 0.980. The zero-order valence-corrected chi connectivity index (χ0v) is 11.0. The minimum atomic E-state index is -3.62. The maximum absolute atomic E-state index is 11.9. The van der Waals surface area contributed by atoms with Gasteiger partial charge >= 0.3 is 0 Å². The summed E-state index contributed by atoms with van der Waals surface area (Å²) in [5.74, 6) is 0.186. The van der Waals surface area contributed by atoms with Crippen molar-refractivity contribution >= 4 is 33.2 Å². The fourth-order valence-corrected chi connectivity index (χ4v) is 2.93. The van der Waals surface area contributed by atoms with E-state index < -0.39 is 15.6 Å². The minimum Gasteiger partial charge on any atom is -0.263 e. The number of halogens is 2. The molecule has 90 valence electrons. The van der Waals surface area contributed by atoms with Gasteiger partial charge in [-0.1, -0.05) is 0 Å². The number of hydrogen-bond donors (Lipinski definition) is 1. The summed E-state index contributed by atoms with van der Waals surface area (Å²) < 4.78 is 26.2. The number of alkyl halides is 2. The van der Waals surface area contributed by atoms with Gasteiger partial charge in [-0.05, 0) is 19.1 Å². The van der Waals surface area contributed by atoms with E-state index in [1.165, 1.54) is 18.5 Å². The van der Waals surface area contributed by atoms with Crippen LogP contribution in [0.2, 0.25) is 0 Å². The first-order valence-corrected chi connectivity index (χ1v) is 7.05. The van der Waals surface area contributed by atoms with Crippen molar-refractivity contribution in [2.75, 3.05) is 11.8 Å². The van der Waals surface area contributed by atoms with Crippen molar-refractivity contribution in [1.29, 1.82) is 0 Å². The van der Waals surface area contributed by atoms with Crippen LogP contribution in [0.5, 0.6) is 0 Å². The van der Waals surface area contributed by atoms with Gasteiger partial charge in [0.2, 0.25) is 10.0 Å². The van der Waals surface area contributed by atoms with E-state index in [2.05, 4.69) is 9.71 Å². The van der Waals surface area contributed by atoms with Gasteiger partial charge in [0.1, 0.15) is 4.90 Å². The maximum Gasteiger partial charge on any atom is 0.242 e. The largest absolute Gasteiger partial charge is 0.263 e. The Balaban J connectivity index is 2.97. The molecule has 0 saturated heterocycles. The molecule has 0 aromatic carbocycles. The summed E-state index contributed by atoms with van der Waals surface area (Å²) in [4.78, 5) is 3.84. The second-order valence-electron chi connectivity index (χ2n) is 3.62. The molecular formula is C9H12Cl2N2O2S. The van der Waals surface area contributed by atoms with Crippen molar-refractivity contribution in [3.8, 4) is 0 Å². The van der Waals surface area contributed by atoms with Crippen LogP contribution in [0.4, 0.5) is 0 Å². The summed E-state index contributed by atoms with van der Waals surface area (Å²) in [5.41, 5.74) is -0.863. The van der Waals surface area contributed by atoms with Crippen LogP contribution in [0.3, 0.4) is 0 Å². The van der Waals surface area contributed by atoms with Gasteiger partial charge in [0.05, 0.1) is 5.54 Å². The number of aromatic nitrogens is 1. The molecule has 0 radical (unpaired) electrons. The number of nitrogens with zero attached hydrogens (tertiary/aromatic N) is 1. The molecule has 1 heterocycles. The smallest absolute Gasteiger partial charge is 0.242 e. The topological polar surface area (TPSA) is 59.1 Å². The van der Waals surface area contributed by atoms with Gasteiger partial charge in [-0.25, -0.2) is 13.1 Å². The second kappa shape index (κ2) is 5.31. The molecular weight excluding hydrogens is 271 g/mol. The number of sulfonamides is 1. The zero-order valence-electron chi connectivity index (χ0n) is 8.65. The Morgan fingerprint density at radius 1 is 1.44 bits per heavy atom. The molecule has 0 amide bonds. The van der Waals surface area contributed by atoms with E-state index in [9.17, 15) is 8.42 Å². The van der Waals surface area contributed by atoms with E-state index in [-0.39, 0.29) is 16.7 Å². The van der Waals surface area contributed by atoms with Gasteiger partial charge in [0, 0.05) is 24.2 Å². The van der Waals surface area contributed by atoms with Gasteiger partial charge in [-0.2, -0.15) is 0 Å². The van der Waals surface area contributed by atoms with Crippen molar-refractivity contribution in [2.24, 2.45) is 0 Å². The van der Waals surface area contributed by atoms with Gasteiger partial charge in [0.15, 0.2) is 0 Å². The summed E-state index contributed by atoms with van der Waals surface area (Å²) in [6.07, 6.45) is 2.77. The molecule has 0 saturated carbocycles. The van der Waals surface area contributed by atoms with Crippen LogP contribution >= 0.6 is 23.2 Å².